The highest BCUT2D eigenvalue weighted by Gasteiger charge is 2.29. The van der Waals surface area contributed by atoms with Gasteiger partial charge in [-0.1, -0.05) is 0 Å². The van der Waals surface area contributed by atoms with Crippen molar-refractivity contribution in [3.05, 3.63) is 17.8 Å². The molecule has 4 N–H and O–H groups in total. The normalized spacial score (nSPS) is 17.9. The quantitative estimate of drug-likeness (QED) is 0.753. The maximum absolute atomic E-state index is 6.02. The lowest BCUT2D eigenvalue weighted by atomic mass is 10.1. The van der Waals surface area contributed by atoms with Crippen molar-refractivity contribution in [3.63, 3.8) is 0 Å². The smallest absolute Gasteiger partial charge is 0.236 e. The van der Waals surface area contributed by atoms with E-state index in [9.17, 15) is 0 Å². The van der Waals surface area contributed by atoms with Crippen molar-refractivity contribution in [2.24, 2.45) is 11.7 Å². The monoisotopic (exact) mass is 193 g/mol. The number of nitrogens with zero attached hydrogens (tertiary/aromatic N) is 1. The highest BCUT2D eigenvalue weighted by atomic mass is 16.5. The molecule has 0 amide bonds. The van der Waals surface area contributed by atoms with Crippen LogP contribution in [0.3, 0.4) is 0 Å². The van der Waals surface area contributed by atoms with Gasteiger partial charge in [0.1, 0.15) is 0 Å². The second-order valence-electron chi connectivity index (χ2n) is 3.73. The topological polar surface area (TPSA) is 74.2 Å². The zero-order valence-corrected chi connectivity index (χ0v) is 8.23. The summed E-state index contributed by atoms with van der Waals surface area (Å²) in [5.74, 6) is 1.08. The Morgan fingerprint density at radius 1 is 1.57 bits per heavy atom. The van der Waals surface area contributed by atoms with E-state index in [0.29, 0.717) is 17.5 Å². The van der Waals surface area contributed by atoms with Gasteiger partial charge in [-0.2, -0.15) is 0 Å². The fourth-order valence-corrected chi connectivity index (χ4v) is 1.57. The molecule has 1 saturated carbocycles. The lowest BCUT2D eigenvalue weighted by Crippen LogP contribution is -2.13. The number of hydrogen-bond acceptors (Lipinski definition) is 4. The molecule has 1 aliphatic rings. The molecule has 4 heteroatoms. The Labute approximate surface area is 83.3 Å². The van der Waals surface area contributed by atoms with Crippen LogP contribution in [0.15, 0.2) is 12.3 Å². The summed E-state index contributed by atoms with van der Waals surface area (Å²) in [6.07, 6.45) is 4.18. The lowest BCUT2D eigenvalue weighted by Gasteiger charge is -2.11. The van der Waals surface area contributed by atoms with Gasteiger partial charge in [0.15, 0.2) is 0 Å². The summed E-state index contributed by atoms with van der Waals surface area (Å²) in [6.45, 7) is 0. The minimum absolute atomic E-state index is 0.0794. The Bertz CT molecular complexity index is 336. The first-order valence-corrected chi connectivity index (χ1v) is 4.77. The molecule has 1 fully saturated rings. The zero-order valence-electron chi connectivity index (χ0n) is 8.23. The predicted octanol–water partition coefficient (Wildman–Crippen LogP) is 1.08. The summed E-state index contributed by atoms with van der Waals surface area (Å²) < 4.78 is 4.98. The zero-order chi connectivity index (χ0) is 10.1. The highest BCUT2D eigenvalue weighted by Crippen LogP contribution is 2.39. The van der Waals surface area contributed by atoms with Crippen LogP contribution in [0.25, 0.3) is 0 Å². The van der Waals surface area contributed by atoms with Gasteiger partial charge in [-0.15, -0.1) is 0 Å². The van der Waals surface area contributed by atoms with Gasteiger partial charge in [-0.25, -0.2) is 4.98 Å². The molecule has 4 nitrogen and oxygen atoms in total. The molecule has 1 aromatic rings. The number of methoxy groups -OCH3 is 1. The average Bonchev–Trinajstić information content (AvgIpc) is 3.00. The summed E-state index contributed by atoms with van der Waals surface area (Å²) in [6, 6.07) is 1.94. The van der Waals surface area contributed by atoms with Crippen LogP contribution in [0, 0.1) is 5.92 Å². The molecule has 2 rings (SSSR count). The van der Waals surface area contributed by atoms with E-state index in [2.05, 4.69) is 4.98 Å². The SMILES string of the molecule is COc1ncc([C@H](N)C2CC2)cc1N. The summed E-state index contributed by atoms with van der Waals surface area (Å²) >= 11 is 0. The molecule has 0 bridgehead atoms. The summed E-state index contributed by atoms with van der Waals surface area (Å²) in [5.41, 5.74) is 13.3. The number of hydrogen-bond donors (Lipinski definition) is 2. The van der Waals surface area contributed by atoms with Crippen molar-refractivity contribution in [3.8, 4) is 5.88 Å². The molecule has 1 aromatic heterocycles. The van der Waals surface area contributed by atoms with Crippen LogP contribution in [0.5, 0.6) is 5.88 Å². The van der Waals surface area contributed by atoms with Gasteiger partial charge < -0.3 is 16.2 Å². The van der Waals surface area contributed by atoms with Crippen molar-refractivity contribution in [2.45, 2.75) is 18.9 Å². The highest BCUT2D eigenvalue weighted by molar-refractivity contribution is 5.50. The fourth-order valence-electron chi connectivity index (χ4n) is 1.57. The van der Waals surface area contributed by atoms with E-state index in [0.717, 1.165) is 5.56 Å². The Balaban J connectivity index is 2.22. The molecule has 0 unspecified atom stereocenters. The van der Waals surface area contributed by atoms with Crippen molar-refractivity contribution in [1.82, 2.24) is 4.98 Å². The molecule has 0 spiro atoms. The van der Waals surface area contributed by atoms with Crippen molar-refractivity contribution >= 4 is 5.69 Å². The van der Waals surface area contributed by atoms with E-state index in [1.807, 2.05) is 6.07 Å². The summed E-state index contributed by atoms with van der Waals surface area (Å²) in [7, 11) is 1.55. The first-order chi connectivity index (χ1) is 6.72. The van der Waals surface area contributed by atoms with Gasteiger partial charge in [-0.3, -0.25) is 0 Å². The van der Waals surface area contributed by atoms with Crippen LogP contribution in [0.4, 0.5) is 5.69 Å². The van der Waals surface area contributed by atoms with Crippen molar-refractivity contribution in [1.29, 1.82) is 0 Å². The second kappa shape index (κ2) is 3.46. The van der Waals surface area contributed by atoms with Gasteiger partial charge in [0.2, 0.25) is 5.88 Å². The summed E-state index contributed by atoms with van der Waals surface area (Å²) in [5, 5.41) is 0. The predicted molar refractivity (Wildman–Crippen MR) is 54.9 cm³/mol. The first-order valence-electron chi connectivity index (χ1n) is 4.77. The molecule has 0 saturated heterocycles. The maximum Gasteiger partial charge on any atom is 0.236 e. The molecule has 14 heavy (non-hydrogen) atoms. The number of aromatic nitrogens is 1. The van der Waals surface area contributed by atoms with E-state index < -0.39 is 0 Å². The van der Waals surface area contributed by atoms with E-state index in [1.165, 1.54) is 12.8 Å². The van der Waals surface area contributed by atoms with Gasteiger partial charge >= 0.3 is 0 Å². The van der Waals surface area contributed by atoms with E-state index in [-0.39, 0.29) is 6.04 Å². The molecule has 0 radical (unpaired) electrons. The first kappa shape index (κ1) is 9.27. The molecule has 1 atom stereocenters. The third-order valence-electron chi connectivity index (χ3n) is 2.61. The van der Waals surface area contributed by atoms with Crippen LogP contribution in [-0.4, -0.2) is 12.1 Å². The largest absolute Gasteiger partial charge is 0.480 e. The maximum atomic E-state index is 6.02. The number of anilines is 1. The third-order valence-corrected chi connectivity index (χ3v) is 2.61. The van der Waals surface area contributed by atoms with Crippen molar-refractivity contribution < 1.29 is 4.74 Å². The fraction of sp³-hybridized carbons (Fsp3) is 0.500. The van der Waals surface area contributed by atoms with E-state index in [1.54, 1.807) is 13.3 Å². The van der Waals surface area contributed by atoms with Gasteiger partial charge in [0.25, 0.3) is 0 Å². The van der Waals surface area contributed by atoms with Crippen LogP contribution < -0.4 is 16.2 Å². The van der Waals surface area contributed by atoms with Crippen LogP contribution >= 0.6 is 0 Å². The Morgan fingerprint density at radius 3 is 2.79 bits per heavy atom. The van der Waals surface area contributed by atoms with Crippen LogP contribution in [0.2, 0.25) is 0 Å². The van der Waals surface area contributed by atoms with Crippen LogP contribution in [-0.2, 0) is 0 Å². The van der Waals surface area contributed by atoms with Gasteiger partial charge in [-0.05, 0) is 30.4 Å². The lowest BCUT2D eigenvalue weighted by molar-refractivity contribution is 0.399. The standard InChI is InChI=1S/C10H15N3O/c1-14-10-8(11)4-7(5-13-10)9(12)6-2-3-6/h4-6,9H,2-3,11-12H2,1H3/t9-/m1/s1. The Morgan fingerprint density at radius 2 is 2.29 bits per heavy atom. The molecule has 1 aliphatic carbocycles. The minimum atomic E-state index is 0.0794. The molecule has 1 heterocycles. The molecule has 0 aliphatic heterocycles. The third kappa shape index (κ3) is 1.65. The number of nitrogen functional groups attached to an aromatic ring is 1. The number of rotatable bonds is 3. The number of ether oxygens (including phenoxy) is 1. The summed E-state index contributed by atoms with van der Waals surface area (Å²) in [4.78, 5) is 4.10. The van der Waals surface area contributed by atoms with E-state index in [4.69, 9.17) is 16.2 Å². The van der Waals surface area contributed by atoms with Crippen LogP contribution in [0.1, 0.15) is 24.4 Å². The minimum Gasteiger partial charge on any atom is -0.480 e. The molecule has 0 aromatic carbocycles. The van der Waals surface area contributed by atoms with Gasteiger partial charge in [0.05, 0.1) is 12.8 Å². The Kier molecular flexibility index (Phi) is 2.29. The molecule has 76 valence electrons. The van der Waals surface area contributed by atoms with Gasteiger partial charge in [0, 0.05) is 12.2 Å². The number of pyridine rings is 1. The average molecular weight is 193 g/mol. The Hall–Kier alpha value is -1.29. The molecular formula is C10H15N3O. The van der Waals surface area contributed by atoms with E-state index >= 15 is 0 Å². The molecular weight excluding hydrogens is 178 g/mol. The second-order valence-corrected chi connectivity index (χ2v) is 3.73. The van der Waals surface area contributed by atoms with Crippen molar-refractivity contribution in [2.75, 3.05) is 12.8 Å². The number of nitrogens with two attached hydrogens (primary N) is 2.